The fourth-order valence-corrected chi connectivity index (χ4v) is 3.76. The number of guanidine groups is 1. The summed E-state index contributed by atoms with van der Waals surface area (Å²) < 4.78 is 11.3. The number of hydrogen-bond donors (Lipinski definition) is 1. The number of likely N-dealkylation sites (tertiary alicyclic amines) is 2. The molecule has 0 aliphatic carbocycles. The maximum Gasteiger partial charge on any atom is 0.410 e. The molecule has 2 saturated heterocycles. The van der Waals surface area contributed by atoms with Gasteiger partial charge in [0.05, 0.1) is 6.10 Å². The minimum atomic E-state index is -0.447. The van der Waals surface area contributed by atoms with Gasteiger partial charge in [-0.2, -0.15) is 0 Å². The minimum absolute atomic E-state index is 0. The Kier molecular flexibility index (Phi) is 10.9. The number of halogens is 1. The van der Waals surface area contributed by atoms with Crippen LogP contribution >= 0.6 is 24.0 Å². The Balaban J connectivity index is 0.00000392. The van der Waals surface area contributed by atoms with E-state index in [1.54, 1.807) is 0 Å². The van der Waals surface area contributed by atoms with Crippen LogP contribution in [0, 0.1) is 5.92 Å². The van der Waals surface area contributed by atoms with E-state index in [1.807, 2.05) is 32.7 Å². The first kappa shape index (κ1) is 25.3. The van der Waals surface area contributed by atoms with Crippen LogP contribution < -0.4 is 5.32 Å². The van der Waals surface area contributed by atoms with Crippen LogP contribution in [0.5, 0.6) is 0 Å². The number of rotatable bonds is 4. The molecule has 164 valence electrons. The largest absolute Gasteiger partial charge is 0.444 e. The van der Waals surface area contributed by atoms with Gasteiger partial charge in [-0.15, -0.1) is 24.0 Å². The number of nitrogens with zero attached hydrogens (tertiary/aromatic N) is 3. The zero-order valence-corrected chi connectivity index (χ0v) is 20.5. The van der Waals surface area contributed by atoms with Crippen LogP contribution in [0.3, 0.4) is 0 Å². The zero-order valence-electron chi connectivity index (χ0n) is 18.2. The van der Waals surface area contributed by atoms with Crippen LogP contribution in [0.15, 0.2) is 4.99 Å². The molecule has 2 heterocycles. The minimum Gasteiger partial charge on any atom is -0.444 e. The van der Waals surface area contributed by atoms with Gasteiger partial charge in [-0.05, 0) is 59.3 Å². The van der Waals surface area contributed by atoms with Crippen LogP contribution in [-0.2, 0) is 9.47 Å². The van der Waals surface area contributed by atoms with Gasteiger partial charge in [-0.3, -0.25) is 4.99 Å². The highest BCUT2D eigenvalue weighted by atomic mass is 127. The van der Waals surface area contributed by atoms with Crippen molar-refractivity contribution in [1.82, 2.24) is 15.1 Å². The zero-order chi connectivity index (χ0) is 19.9. The standard InChI is InChI=1S/C20H38N4O3.HI/c1-6-26-17-9-12-23(13-10-17)18(21-5)22-14-16-8-7-11-24(15-16)19(25)27-20(2,3)4;/h16-17H,6-15H2,1-5H3,(H,21,22);1H. The van der Waals surface area contributed by atoms with Gasteiger partial charge in [-0.1, -0.05) is 0 Å². The molecular weight excluding hydrogens is 471 g/mol. The van der Waals surface area contributed by atoms with Crippen LogP contribution in [0.4, 0.5) is 4.79 Å². The van der Waals surface area contributed by atoms with Gasteiger partial charge in [0.1, 0.15) is 5.60 Å². The third kappa shape index (κ3) is 8.31. The molecule has 1 amide bonds. The summed E-state index contributed by atoms with van der Waals surface area (Å²) in [6.45, 7) is 12.9. The first-order chi connectivity index (χ1) is 12.8. The lowest BCUT2D eigenvalue weighted by molar-refractivity contribution is 0.0167. The lowest BCUT2D eigenvalue weighted by Crippen LogP contribution is -2.50. The van der Waals surface area contributed by atoms with Gasteiger partial charge in [0.25, 0.3) is 0 Å². The normalized spacial score (nSPS) is 21.9. The van der Waals surface area contributed by atoms with E-state index in [4.69, 9.17) is 9.47 Å². The van der Waals surface area contributed by atoms with Crippen LogP contribution in [0.1, 0.15) is 53.4 Å². The summed E-state index contributed by atoms with van der Waals surface area (Å²) in [4.78, 5) is 20.9. The van der Waals surface area contributed by atoms with Crippen molar-refractivity contribution in [1.29, 1.82) is 0 Å². The molecule has 2 fully saturated rings. The molecule has 2 aliphatic rings. The Bertz CT molecular complexity index is 502. The SMILES string of the molecule is CCOC1CCN(C(=NC)NCC2CCCN(C(=O)OC(C)(C)C)C2)CC1.I. The average Bonchev–Trinajstić information content (AvgIpc) is 2.62. The molecule has 0 saturated carbocycles. The lowest BCUT2D eigenvalue weighted by Gasteiger charge is -2.36. The van der Waals surface area contributed by atoms with Gasteiger partial charge < -0.3 is 24.6 Å². The Hall–Kier alpha value is -0.770. The van der Waals surface area contributed by atoms with E-state index in [9.17, 15) is 4.79 Å². The van der Waals surface area contributed by atoms with Crippen LogP contribution in [0.2, 0.25) is 0 Å². The van der Waals surface area contributed by atoms with E-state index in [1.165, 1.54) is 0 Å². The monoisotopic (exact) mass is 510 g/mol. The maximum atomic E-state index is 12.3. The summed E-state index contributed by atoms with van der Waals surface area (Å²) in [7, 11) is 1.84. The van der Waals surface area contributed by atoms with Gasteiger partial charge in [0, 0.05) is 46.4 Å². The molecule has 0 bridgehead atoms. The van der Waals surface area contributed by atoms with E-state index in [-0.39, 0.29) is 30.1 Å². The van der Waals surface area contributed by atoms with E-state index in [2.05, 4.69) is 22.1 Å². The number of carbonyl (C=O) groups is 1. The van der Waals surface area contributed by atoms with E-state index in [0.717, 1.165) is 71.0 Å². The number of hydrogen-bond acceptors (Lipinski definition) is 4. The Morgan fingerprint density at radius 3 is 2.39 bits per heavy atom. The molecule has 0 radical (unpaired) electrons. The molecule has 0 spiro atoms. The first-order valence-corrected chi connectivity index (χ1v) is 10.4. The van der Waals surface area contributed by atoms with E-state index in [0.29, 0.717) is 12.0 Å². The second kappa shape index (κ2) is 12.0. The summed E-state index contributed by atoms with van der Waals surface area (Å²) in [5, 5.41) is 3.52. The predicted octanol–water partition coefficient (Wildman–Crippen LogP) is 3.33. The summed E-state index contributed by atoms with van der Waals surface area (Å²) >= 11 is 0. The summed E-state index contributed by atoms with van der Waals surface area (Å²) in [6.07, 6.45) is 4.41. The molecule has 2 rings (SSSR count). The fraction of sp³-hybridized carbons (Fsp3) is 0.900. The lowest BCUT2D eigenvalue weighted by atomic mass is 9.98. The van der Waals surface area contributed by atoms with Gasteiger partial charge >= 0.3 is 6.09 Å². The van der Waals surface area contributed by atoms with Crippen LogP contribution in [-0.4, -0.2) is 79.9 Å². The summed E-state index contributed by atoms with van der Waals surface area (Å²) in [5.41, 5.74) is -0.447. The van der Waals surface area contributed by atoms with Crippen molar-refractivity contribution in [3.8, 4) is 0 Å². The van der Waals surface area contributed by atoms with Crippen LogP contribution in [0.25, 0.3) is 0 Å². The quantitative estimate of drug-likeness (QED) is 0.357. The molecule has 1 N–H and O–H groups in total. The van der Waals surface area contributed by atoms with Gasteiger partial charge in [-0.25, -0.2) is 4.79 Å². The molecule has 1 unspecified atom stereocenters. The van der Waals surface area contributed by atoms with Crippen molar-refractivity contribution >= 4 is 36.0 Å². The van der Waals surface area contributed by atoms with Crippen molar-refractivity contribution in [2.24, 2.45) is 10.9 Å². The molecular formula is C20H39IN4O3. The molecule has 1 atom stereocenters. The Morgan fingerprint density at radius 1 is 1.14 bits per heavy atom. The molecule has 0 aromatic heterocycles. The fourth-order valence-electron chi connectivity index (χ4n) is 3.76. The summed E-state index contributed by atoms with van der Waals surface area (Å²) in [6, 6.07) is 0. The van der Waals surface area contributed by atoms with Crippen molar-refractivity contribution in [3.05, 3.63) is 0 Å². The van der Waals surface area contributed by atoms with E-state index < -0.39 is 5.60 Å². The molecule has 8 heteroatoms. The third-order valence-corrected chi connectivity index (χ3v) is 5.08. The highest BCUT2D eigenvalue weighted by molar-refractivity contribution is 14.0. The number of amides is 1. The van der Waals surface area contributed by atoms with Crippen molar-refractivity contribution in [2.45, 2.75) is 65.1 Å². The highest BCUT2D eigenvalue weighted by Gasteiger charge is 2.28. The number of nitrogens with one attached hydrogen (secondary N) is 1. The second-order valence-corrected chi connectivity index (χ2v) is 8.50. The molecule has 28 heavy (non-hydrogen) atoms. The molecule has 2 aliphatic heterocycles. The summed E-state index contributed by atoms with van der Waals surface area (Å²) in [5.74, 6) is 1.38. The third-order valence-electron chi connectivity index (χ3n) is 5.08. The second-order valence-electron chi connectivity index (χ2n) is 8.50. The topological polar surface area (TPSA) is 66.4 Å². The van der Waals surface area contributed by atoms with Crippen molar-refractivity contribution in [2.75, 3.05) is 46.4 Å². The Labute approximate surface area is 187 Å². The van der Waals surface area contributed by atoms with E-state index >= 15 is 0 Å². The number of aliphatic imine (C=N–C) groups is 1. The first-order valence-electron chi connectivity index (χ1n) is 10.4. The highest BCUT2D eigenvalue weighted by Crippen LogP contribution is 2.19. The maximum absolute atomic E-state index is 12.3. The smallest absolute Gasteiger partial charge is 0.410 e. The number of piperidine rings is 2. The molecule has 0 aromatic carbocycles. The molecule has 7 nitrogen and oxygen atoms in total. The van der Waals surface area contributed by atoms with Gasteiger partial charge in [0.2, 0.25) is 0 Å². The van der Waals surface area contributed by atoms with Crippen molar-refractivity contribution in [3.63, 3.8) is 0 Å². The van der Waals surface area contributed by atoms with Gasteiger partial charge in [0.15, 0.2) is 5.96 Å². The Morgan fingerprint density at radius 2 is 1.82 bits per heavy atom. The van der Waals surface area contributed by atoms with Crippen molar-refractivity contribution < 1.29 is 14.3 Å². The number of carbonyl (C=O) groups excluding carboxylic acids is 1. The molecule has 0 aromatic rings. The average molecular weight is 510 g/mol. The predicted molar refractivity (Wildman–Crippen MR) is 124 cm³/mol. The number of ether oxygens (including phenoxy) is 2.